The third-order valence-corrected chi connectivity index (χ3v) is 5.74. The lowest BCUT2D eigenvalue weighted by molar-refractivity contribution is -0.0109. The molecule has 3 heterocycles. The molecule has 2 aromatic carbocycles. The van der Waals surface area contributed by atoms with Crippen molar-refractivity contribution in [3.63, 3.8) is 0 Å². The molecule has 5 rings (SSSR count). The summed E-state index contributed by atoms with van der Waals surface area (Å²) in [4.78, 5) is 13.4. The Labute approximate surface area is 196 Å². The fourth-order valence-corrected chi connectivity index (χ4v) is 4.00. The molecule has 34 heavy (non-hydrogen) atoms. The molecule has 1 fully saturated rings. The van der Waals surface area contributed by atoms with Crippen molar-refractivity contribution in [3.8, 4) is 17.3 Å². The largest absolute Gasteiger partial charge is 0.489 e. The fraction of sp³-hybridized carbons (Fsp3) is 0.231. The maximum atomic E-state index is 13.5. The van der Waals surface area contributed by atoms with Crippen LogP contribution in [-0.2, 0) is 4.74 Å². The van der Waals surface area contributed by atoms with Gasteiger partial charge in [0, 0.05) is 19.0 Å². The first kappa shape index (κ1) is 21.9. The summed E-state index contributed by atoms with van der Waals surface area (Å²) >= 11 is 0. The van der Waals surface area contributed by atoms with Crippen LogP contribution in [0.15, 0.2) is 79.3 Å². The molecule has 1 amide bonds. The quantitative estimate of drug-likeness (QED) is 0.421. The zero-order valence-corrected chi connectivity index (χ0v) is 18.6. The van der Waals surface area contributed by atoms with Crippen molar-refractivity contribution in [1.82, 2.24) is 14.3 Å². The monoisotopic (exact) mass is 460 g/mol. The number of anilines is 1. The van der Waals surface area contributed by atoms with Gasteiger partial charge in [0.05, 0.1) is 23.7 Å². The summed E-state index contributed by atoms with van der Waals surface area (Å²) in [6.45, 7) is 1.19. The van der Waals surface area contributed by atoms with E-state index in [4.69, 9.17) is 9.47 Å². The number of halogens is 1. The number of para-hydroxylation sites is 2. The number of hydrogen-bond acceptors (Lipinski definition) is 4. The molecule has 0 spiro atoms. The average molecular weight is 461 g/mol. The number of carbonyl (C=O) groups excluding carboxylic acids is 1. The third-order valence-electron chi connectivity index (χ3n) is 5.74. The average Bonchev–Trinajstić information content (AvgIpc) is 3.55. The van der Waals surface area contributed by atoms with Crippen LogP contribution in [0.25, 0.3) is 11.5 Å². The molecule has 0 saturated carbocycles. The molecule has 174 valence electrons. The van der Waals surface area contributed by atoms with Gasteiger partial charge in [-0.15, -0.1) is 0 Å². The van der Waals surface area contributed by atoms with Crippen LogP contribution in [0.2, 0.25) is 0 Å². The van der Waals surface area contributed by atoms with Crippen molar-refractivity contribution >= 4 is 11.6 Å². The van der Waals surface area contributed by atoms with E-state index in [-0.39, 0.29) is 17.8 Å². The molecule has 4 aromatic rings. The van der Waals surface area contributed by atoms with Crippen LogP contribution in [0.3, 0.4) is 0 Å². The predicted octanol–water partition coefficient (Wildman–Crippen LogP) is 5.00. The summed E-state index contributed by atoms with van der Waals surface area (Å²) in [5.74, 6) is 0.454. The highest BCUT2D eigenvalue weighted by Gasteiger charge is 2.21. The molecule has 2 aromatic heterocycles. The van der Waals surface area contributed by atoms with Crippen LogP contribution < -0.4 is 10.1 Å². The Morgan fingerprint density at radius 3 is 2.65 bits per heavy atom. The Morgan fingerprint density at radius 2 is 1.88 bits per heavy atom. The van der Waals surface area contributed by atoms with Crippen LogP contribution in [0.1, 0.15) is 29.6 Å². The van der Waals surface area contributed by atoms with E-state index in [2.05, 4.69) is 10.4 Å². The van der Waals surface area contributed by atoms with Gasteiger partial charge in [0.15, 0.2) is 5.82 Å². The highest BCUT2D eigenvalue weighted by atomic mass is 19.1. The number of benzene rings is 2. The van der Waals surface area contributed by atoms with E-state index in [1.165, 1.54) is 18.3 Å². The number of carbonyl (C=O) groups is 1. The van der Waals surface area contributed by atoms with E-state index in [0.29, 0.717) is 35.1 Å². The molecule has 1 N–H and O–H groups in total. The normalized spacial score (nSPS) is 15.7. The lowest BCUT2D eigenvalue weighted by Gasteiger charge is -2.23. The standard InChI is InChI=1S/C26H25FN4O3/c27-19-10-12-20(13-11-19)31-26(30-14-4-5-15-30)22(17-28-31)25(32)29-23-8-1-2-9-24(23)34-18-21-7-3-6-16-33-21/h1-2,4-5,8-15,17,21H,3,6-7,16,18H2,(H,29,32). The number of amides is 1. The summed E-state index contributed by atoms with van der Waals surface area (Å²) in [5, 5.41) is 7.38. The zero-order chi connectivity index (χ0) is 23.3. The van der Waals surface area contributed by atoms with E-state index in [0.717, 1.165) is 25.9 Å². The van der Waals surface area contributed by atoms with Gasteiger partial charge in [-0.3, -0.25) is 4.79 Å². The summed E-state index contributed by atoms with van der Waals surface area (Å²) in [6, 6.07) is 17.0. The predicted molar refractivity (Wildman–Crippen MR) is 126 cm³/mol. The number of nitrogens with one attached hydrogen (secondary N) is 1. The molecule has 8 heteroatoms. The fourth-order valence-electron chi connectivity index (χ4n) is 4.00. The number of nitrogens with zero attached hydrogens (tertiary/aromatic N) is 3. The Bertz CT molecular complexity index is 1250. The lowest BCUT2D eigenvalue weighted by atomic mass is 10.1. The number of ether oxygens (including phenoxy) is 2. The second-order valence-electron chi connectivity index (χ2n) is 8.11. The highest BCUT2D eigenvalue weighted by Crippen LogP contribution is 2.27. The minimum Gasteiger partial charge on any atom is -0.489 e. The Hall–Kier alpha value is -3.91. The van der Waals surface area contributed by atoms with Crippen molar-refractivity contribution in [2.75, 3.05) is 18.5 Å². The molecule has 1 aliphatic rings. The first-order valence-corrected chi connectivity index (χ1v) is 11.3. The zero-order valence-electron chi connectivity index (χ0n) is 18.6. The van der Waals surface area contributed by atoms with Gasteiger partial charge in [-0.05, 0) is 67.8 Å². The second kappa shape index (κ2) is 9.93. The number of hydrogen-bond donors (Lipinski definition) is 1. The third kappa shape index (κ3) is 4.72. The molecule has 1 atom stereocenters. The minimum absolute atomic E-state index is 0.0618. The molecule has 0 aliphatic carbocycles. The van der Waals surface area contributed by atoms with Crippen molar-refractivity contribution in [3.05, 3.63) is 90.6 Å². The van der Waals surface area contributed by atoms with Crippen molar-refractivity contribution < 1.29 is 18.7 Å². The molecule has 0 bridgehead atoms. The summed E-state index contributed by atoms with van der Waals surface area (Å²) in [7, 11) is 0. The highest BCUT2D eigenvalue weighted by molar-refractivity contribution is 6.07. The van der Waals surface area contributed by atoms with Crippen LogP contribution in [0, 0.1) is 5.82 Å². The van der Waals surface area contributed by atoms with E-state index < -0.39 is 0 Å². The molecule has 1 saturated heterocycles. The smallest absolute Gasteiger partial charge is 0.261 e. The Morgan fingerprint density at radius 1 is 1.09 bits per heavy atom. The maximum absolute atomic E-state index is 13.5. The van der Waals surface area contributed by atoms with Gasteiger partial charge in [-0.2, -0.15) is 5.10 Å². The van der Waals surface area contributed by atoms with E-state index in [1.807, 2.05) is 42.7 Å². The summed E-state index contributed by atoms with van der Waals surface area (Å²) < 4.78 is 28.6. The minimum atomic E-state index is -0.341. The first-order valence-electron chi connectivity index (χ1n) is 11.3. The van der Waals surface area contributed by atoms with Crippen molar-refractivity contribution in [2.24, 2.45) is 0 Å². The Balaban J connectivity index is 1.41. The van der Waals surface area contributed by atoms with Gasteiger partial charge >= 0.3 is 0 Å². The van der Waals surface area contributed by atoms with Gasteiger partial charge in [-0.1, -0.05) is 12.1 Å². The van der Waals surface area contributed by atoms with E-state index in [1.54, 1.807) is 27.4 Å². The molecule has 0 radical (unpaired) electrons. The van der Waals surface area contributed by atoms with Crippen molar-refractivity contribution in [1.29, 1.82) is 0 Å². The van der Waals surface area contributed by atoms with Gasteiger partial charge < -0.3 is 19.4 Å². The van der Waals surface area contributed by atoms with Crippen LogP contribution in [-0.4, -0.2) is 39.6 Å². The lowest BCUT2D eigenvalue weighted by Crippen LogP contribution is -2.26. The van der Waals surface area contributed by atoms with Gasteiger partial charge in [-0.25, -0.2) is 9.07 Å². The molecule has 7 nitrogen and oxygen atoms in total. The topological polar surface area (TPSA) is 70.3 Å². The van der Waals surface area contributed by atoms with Gasteiger partial charge in [0.2, 0.25) is 0 Å². The van der Waals surface area contributed by atoms with E-state index in [9.17, 15) is 9.18 Å². The first-order chi connectivity index (χ1) is 16.7. The second-order valence-corrected chi connectivity index (χ2v) is 8.11. The molecule has 1 unspecified atom stereocenters. The number of aromatic nitrogens is 3. The van der Waals surface area contributed by atoms with Gasteiger partial charge in [0.1, 0.15) is 23.7 Å². The summed E-state index contributed by atoms with van der Waals surface area (Å²) in [5.41, 5.74) is 1.57. The van der Waals surface area contributed by atoms with Crippen LogP contribution in [0.5, 0.6) is 5.75 Å². The molecule has 1 aliphatic heterocycles. The molecular formula is C26H25FN4O3. The van der Waals surface area contributed by atoms with Crippen LogP contribution >= 0.6 is 0 Å². The van der Waals surface area contributed by atoms with Crippen LogP contribution in [0.4, 0.5) is 10.1 Å². The SMILES string of the molecule is O=C(Nc1ccccc1OCC1CCCCO1)c1cnn(-c2ccc(F)cc2)c1-n1cccc1. The number of rotatable bonds is 7. The Kier molecular flexibility index (Phi) is 6.40. The van der Waals surface area contributed by atoms with E-state index >= 15 is 0 Å². The maximum Gasteiger partial charge on any atom is 0.261 e. The summed E-state index contributed by atoms with van der Waals surface area (Å²) in [6.07, 6.45) is 8.41. The van der Waals surface area contributed by atoms with Gasteiger partial charge in [0.25, 0.3) is 5.91 Å². The van der Waals surface area contributed by atoms with Crippen molar-refractivity contribution in [2.45, 2.75) is 25.4 Å². The molecular weight excluding hydrogens is 435 g/mol.